The first kappa shape index (κ1) is 23.7. The van der Waals surface area contributed by atoms with Gasteiger partial charge in [-0.2, -0.15) is 0 Å². The molecule has 1 aromatic heterocycles. The summed E-state index contributed by atoms with van der Waals surface area (Å²) in [5.41, 5.74) is 5.77. The molecule has 6 nitrogen and oxygen atoms in total. The van der Waals surface area contributed by atoms with Crippen molar-refractivity contribution in [2.75, 3.05) is 7.05 Å². The van der Waals surface area contributed by atoms with Gasteiger partial charge in [0.25, 0.3) is 0 Å². The first-order chi connectivity index (χ1) is 15.1. The normalized spacial score (nSPS) is 12.2. The number of hydrogen-bond acceptors (Lipinski definition) is 5. The molecule has 166 valence electrons. The number of rotatable bonds is 3. The average molecular weight is 454 g/mol. The maximum absolute atomic E-state index is 8.49. The number of aryl methyl sites for hydroxylation is 2. The van der Waals surface area contributed by atoms with Crippen molar-refractivity contribution in [3.8, 4) is 11.3 Å². The Balaban J connectivity index is 0.000000523. The zero-order valence-corrected chi connectivity index (χ0v) is 18.8. The molecule has 0 atom stereocenters. The number of halogens is 1. The molecule has 3 aromatic carbocycles. The van der Waals surface area contributed by atoms with Gasteiger partial charge in [0.05, 0.1) is 11.5 Å². The number of nitrogens with zero attached hydrogens (tertiary/aromatic N) is 1. The van der Waals surface area contributed by atoms with Crippen molar-refractivity contribution in [3.05, 3.63) is 101 Å². The van der Waals surface area contributed by atoms with Gasteiger partial charge in [-0.1, -0.05) is 71.8 Å². The Hall–Kier alpha value is -3.00. The Morgan fingerprint density at radius 1 is 0.781 bits per heavy atom. The summed E-state index contributed by atoms with van der Waals surface area (Å²) in [5, 5.41) is 2.32. The summed E-state index contributed by atoms with van der Waals surface area (Å²) in [7, 11) is -2.80. The van der Waals surface area contributed by atoms with Crippen LogP contribution in [-0.4, -0.2) is 7.05 Å². The van der Waals surface area contributed by atoms with E-state index in [1.54, 1.807) is 0 Å². The van der Waals surface area contributed by atoms with Gasteiger partial charge in [-0.3, -0.25) is 0 Å². The highest BCUT2D eigenvalue weighted by Gasteiger charge is 2.12. The van der Waals surface area contributed by atoms with Crippen LogP contribution in [0.2, 0.25) is 0 Å². The molecule has 7 heteroatoms. The van der Waals surface area contributed by atoms with Crippen molar-refractivity contribution in [1.82, 2.24) is 4.58 Å². The Kier molecular flexibility index (Phi) is 7.45. The molecule has 0 saturated heterocycles. The van der Waals surface area contributed by atoms with Crippen LogP contribution in [0.1, 0.15) is 16.7 Å². The second-order valence-corrected chi connectivity index (χ2v) is 8.34. The molecule has 0 N–H and O–H groups in total. The van der Waals surface area contributed by atoms with Gasteiger partial charge < -0.3 is 4.42 Å². The zero-order valence-electron chi connectivity index (χ0n) is 18.1. The second kappa shape index (κ2) is 10.1. The molecule has 0 spiro atoms. The maximum Gasteiger partial charge on any atom is 0.214 e. The van der Waals surface area contributed by atoms with E-state index in [9.17, 15) is 0 Å². The zero-order chi connectivity index (χ0) is 23.3. The fraction of sp³-hybridized carbons (Fsp3) is 0.160. The van der Waals surface area contributed by atoms with E-state index in [0.29, 0.717) is 0 Å². The van der Waals surface area contributed by atoms with E-state index >= 15 is 0 Å². The molecule has 0 aliphatic heterocycles. The van der Waals surface area contributed by atoms with Crippen molar-refractivity contribution in [2.45, 2.75) is 20.4 Å². The average Bonchev–Trinajstić information content (AvgIpc) is 2.73. The molecule has 4 rings (SSSR count). The smallest absolute Gasteiger partial charge is 0.214 e. The summed E-state index contributed by atoms with van der Waals surface area (Å²) in [5.74, 6) is 0.890. The third-order valence-corrected chi connectivity index (χ3v) is 4.91. The predicted octanol–water partition coefficient (Wildman–Crippen LogP) is 0.563. The van der Waals surface area contributed by atoms with Crippen molar-refractivity contribution >= 4 is 11.0 Å². The van der Waals surface area contributed by atoms with Crippen molar-refractivity contribution in [2.24, 2.45) is 0 Å². The summed E-state index contributed by atoms with van der Waals surface area (Å²) in [4.78, 5) is 0. The van der Waals surface area contributed by atoms with Crippen LogP contribution in [-0.2, 0) is 6.54 Å². The third kappa shape index (κ3) is 6.75. The van der Waals surface area contributed by atoms with Gasteiger partial charge in [0.2, 0.25) is 5.36 Å². The van der Waals surface area contributed by atoms with E-state index in [4.69, 9.17) is 23.1 Å². The minimum absolute atomic E-state index is 0.848. The van der Waals surface area contributed by atoms with E-state index in [0.717, 1.165) is 28.8 Å². The van der Waals surface area contributed by atoms with E-state index < -0.39 is 10.2 Å². The molecule has 0 aliphatic rings. The molecule has 0 fully saturated rings. The van der Waals surface area contributed by atoms with Gasteiger partial charge in [-0.25, -0.2) is 23.2 Å². The quantitative estimate of drug-likeness (QED) is 0.421. The molecule has 0 aliphatic carbocycles. The van der Waals surface area contributed by atoms with Crippen molar-refractivity contribution < 1.29 is 33.3 Å². The largest absolute Gasteiger partial charge is 0.456 e. The Labute approximate surface area is 188 Å². The lowest BCUT2D eigenvalue weighted by molar-refractivity contribution is -2.00. The number of hydrogen-bond donors (Lipinski definition) is 0. The lowest BCUT2D eigenvalue weighted by atomic mass is 10.1. The molecule has 32 heavy (non-hydrogen) atoms. The first-order valence-electron chi connectivity index (χ1n) is 9.91. The minimum atomic E-state index is -4.94. The Bertz CT molecular complexity index is 1250. The van der Waals surface area contributed by atoms with Gasteiger partial charge in [-0.05, 0) is 26.0 Å². The molecule has 0 radical (unpaired) electrons. The molecular weight excluding hydrogens is 430 g/mol. The molecule has 4 aromatic rings. The van der Waals surface area contributed by atoms with Crippen LogP contribution in [0.5, 0.6) is 0 Å². The van der Waals surface area contributed by atoms with E-state index in [1.165, 1.54) is 22.0 Å². The van der Waals surface area contributed by atoms with Gasteiger partial charge in [0.1, 0.15) is 18.4 Å². The maximum atomic E-state index is 8.49. The summed E-state index contributed by atoms with van der Waals surface area (Å²) < 4.78 is 42.5. The Morgan fingerprint density at radius 2 is 1.38 bits per heavy atom. The van der Waals surface area contributed by atoms with Gasteiger partial charge in [0, 0.05) is 11.1 Å². The molecule has 0 bridgehead atoms. The highest BCUT2D eigenvalue weighted by Crippen LogP contribution is 2.23. The summed E-state index contributed by atoms with van der Waals surface area (Å²) in [6.07, 6.45) is 0. The predicted molar refractivity (Wildman–Crippen MR) is 112 cm³/mol. The topological polar surface area (TPSA) is 108 Å². The second-order valence-electron chi connectivity index (χ2n) is 7.58. The summed E-state index contributed by atoms with van der Waals surface area (Å²) in [6, 6.07) is 27.6. The molecule has 1 heterocycles. The van der Waals surface area contributed by atoms with Crippen molar-refractivity contribution in [3.63, 3.8) is 0 Å². The fourth-order valence-electron chi connectivity index (χ4n) is 3.40. The monoisotopic (exact) mass is 453 g/mol. The van der Waals surface area contributed by atoms with E-state index in [2.05, 4.69) is 104 Å². The van der Waals surface area contributed by atoms with Crippen molar-refractivity contribution in [1.29, 1.82) is 0 Å². The van der Waals surface area contributed by atoms with Gasteiger partial charge in [0.15, 0.2) is 6.54 Å². The highest BCUT2D eigenvalue weighted by molar-refractivity contribution is 5.79. The van der Waals surface area contributed by atoms with Gasteiger partial charge in [-0.15, -0.1) is 10.2 Å². The summed E-state index contributed by atoms with van der Waals surface area (Å²) >= 11 is 0. The SMILES string of the molecule is Cc1ccc(-c2cc(=[N+](C)Cc3ccccc3)c3cc(C)ccc3o2)cc1.[O-][Cl+3]([O-])([O-])[O-]. The number of fused-ring (bicyclic) bond motifs is 1. The standard InChI is InChI=1S/C25H24NO.ClHO4/c1-18-9-12-21(13-10-18)25-16-23(22-15-19(2)11-14-24(22)27-25)26(3)17-20-7-5-4-6-8-20;2-1(3,4)5/h4-16H,17H2,1-3H3;(H,2,3,4,5)/q+1;/p-1. The fourth-order valence-corrected chi connectivity index (χ4v) is 3.40. The molecular formula is C25H24ClNO5. The third-order valence-electron chi connectivity index (χ3n) is 4.91. The lowest BCUT2D eigenvalue weighted by Gasteiger charge is -2.17. The van der Waals surface area contributed by atoms with E-state index in [-0.39, 0.29) is 0 Å². The van der Waals surface area contributed by atoms with Crippen LogP contribution in [0.4, 0.5) is 0 Å². The lowest BCUT2D eigenvalue weighted by Crippen LogP contribution is -2.68. The van der Waals surface area contributed by atoms with Crippen LogP contribution in [0.3, 0.4) is 0 Å². The molecule has 0 amide bonds. The number of benzene rings is 3. The summed E-state index contributed by atoms with van der Waals surface area (Å²) in [6.45, 7) is 5.07. The van der Waals surface area contributed by atoms with Crippen LogP contribution >= 0.6 is 0 Å². The van der Waals surface area contributed by atoms with E-state index in [1.807, 2.05) is 0 Å². The first-order valence-corrected chi connectivity index (χ1v) is 11.1. The molecule has 0 unspecified atom stereocenters. The van der Waals surface area contributed by atoms with Gasteiger partial charge >= 0.3 is 0 Å². The Morgan fingerprint density at radius 3 is 2.00 bits per heavy atom. The van der Waals surface area contributed by atoms with Crippen LogP contribution in [0.25, 0.3) is 22.3 Å². The molecule has 0 saturated carbocycles. The highest BCUT2D eigenvalue weighted by atomic mass is 35.7. The van der Waals surface area contributed by atoms with Crippen LogP contribution in [0.15, 0.2) is 83.3 Å². The van der Waals surface area contributed by atoms with Crippen LogP contribution < -0.4 is 28.6 Å². The van der Waals surface area contributed by atoms with Crippen LogP contribution in [0, 0.1) is 24.1 Å². The minimum Gasteiger partial charge on any atom is -0.456 e.